The number of aryl methyl sites for hydroxylation is 1. The molecule has 0 spiro atoms. The van der Waals surface area contributed by atoms with Gasteiger partial charge in [-0.1, -0.05) is 5.16 Å². The predicted molar refractivity (Wildman–Crippen MR) is 183 cm³/mol. The minimum atomic E-state index is -0.655. The van der Waals surface area contributed by atoms with Gasteiger partial charge < -0.3 is 24.6 Å². The fourth-order valence-electron chi connectivity index (χ4n) is 7.56. The molecule has 14 heteroatoms. The highest BCUT2D eigenvalue weighted by Gasteiger charge is 2.43. The first-order valence-electron chi connectivity index (χ1n) is 16.9. The fourth-order valence-corrected chi connectivity index (χ4v) is 8.75. The number of fused-ring (bicyclic) bond motifs is 1. The second-order valence-corrected chi connectivity index (χ2v) is 15.9. The van der Waals surface area contributed by atoms with Gasteiger partial charge in [-0.25, -0.2) is 4.79 Å². The molecule has 1 amide bonds. The number of likely N-dealkylation sites (N-methyl/N-ethyl adjacent to an activating group) is 1. The summed E-state index contributed by atoms with van der Waals surface area (Å²) >= 11 is 1.47. The van der Waals surface area contributed by atoms with Crippen LogP contribution in [0.2, 0.25) is 0 Å². The maximum Gasteiger partial charge on any atom is 0.410 e. The summed E-state index contributed by atoms with van der Waals surface area (Å²) in [5.74, 6) is 1.39. The number of carbonyl (C=O) groups excluding carboxylic acids is 1. The molecule has 0 saturated carbocycles. The summed E-state index contributed by atoms with van der Waals surface area (Å²) in [4.78, 5) is 35.0. The summed E-state index contributed by atoms with van der Waals surface area (Å²) < 4.78 is 18.1. The van der Waals surface area contributed by atoms with E-state index in [0.29, 0.717) is 46.9 Å². The summed E-state index contributed by atoms with van der Waals surface area (Å²) in [7, 11) is 2.12. The molecule has 0 unspecified atom stereocenters. The molecular formula is C34H47N9O4S. The minimum Gasteiger partial charge on any atom is -0.459 e. The first-order chi connectivity index (χ1) is 22.7. The topological polar surface area (TPSA) is 160 Å². The lowest BCUT2D eigenvalue weighted by Crippen LogP contribution is -2.59. The van der Waals surface area contributed by atoms with Crippen molar-refractivity contribution in [1.82, 2.24) is 29.9 Å². The van der Waals surface area contributed by atoms with E-state index >= 15 is 0 Å². The van der Waals surface area contributed by atoms with E-state index in [1.807, 2.05) is 47.6 Å². The molecule has 1 aliphatic carbocycles. The van der Waals surface area contributed by atoms with Crippen LogP contribution in [0, 0.1) is 11.3 Å². The molecule has 2 fully saturated rings. The standard InChI is InChI=1S/C34H47N9O4S/c1-19-17-42(18-20(2)43(19)32(44)46-33(4,5)6)26-15-23(37-31(38-26)45-21(3)24-11-10-14-41(24)8)29-39-30(47-40-29)34(7)13-9-12-25-27(34)22(16-35)28(36)48-25/h15,19-21,24H,9-14,17-18,36H2,1-8H3/t19-,20-,21+,24+,34+/m1/s1. The average Bonchev–Trinajstić information content (AvgIpc) is 3.74. The Balaban J connectivity index is 1.34. The smallest absolute Gasteiger partial charge is 0.410 e. The molecule has 3 aliphatic rings. The van der Waals surface area contributed by atoms with Crippen molar-refractivity contribution in [3.05, 3.63) is 28.0 Å². The number of likely N-dealkylation sites (tertiary alicyclic amines) is 1. The lowest BCUT2D eigenvalue weighted by Gasteiger charge is -2.44. The lowest BCUT2D eigenvalue weighted by atomic mass is 9.72. The van der Waals surface area contributed by atoms with Gasteiger partial charge in [0.25, 0.3) is 0 Å². The molecule has 48 heavy (non-hydrogen) atoms. The highest BCUT2D eigenvalue weighted by Crippen LogP contribution is 2.48. The number of nitrogens with two attached hydrogens (primary N) is 1. The fraction of sp³-hybridized carbons (Fsp3) is 0.647. The molecule has 0 aromatic carbocycles. The average molecular weight is 678 g/mol. The zero-order chi connectivity index (χ0) is 34.5. The number of nitriles is 1. The number of amides is 1. The first-order valence-corrected chi connectivity index (χ1v) is 17.7. The number of nitrogen functional groups attached to an aromatic ring is 1. The molecule has 2 saturated heterocycles. The van der Waals surface area contributed by atoms with Gasteiger partial charge in [0.1, 0.15) is 34.3 Å². The molecule has 13 nitrogen and oxygen atoms in total. The quantitative estimate of drug-likeness (QED) is 0.355. The summed E-state index contributed by atoms with van der Waals surface area (Å²) in [5.41, 5.74) is 6.87. The summed E-state index contributed by atoms with van der Waals surface area (Å²) in [5, 5.41) is 14.9. The third-order valence-corrected chi connectivity index (χ3v) is 10.9. The highest BCUT2D eigenvalue weighted by atomic mass is 32.1. The Morgan fingerprint density at radius 1 is 1.21 bits per heavy atom. The van der Waals surface area contributed by atoms with Crippen molar-refractivity contribution in [2.24, 2.45) is 0 Å². The molecule has 2 N–H and O–H groups in total. The summed E-state index contributed by atoms with van der Waals surface area (Å²) in [6.07, 6.45) is 4.23. The van der Waals surface area contributed by atoms with Crippen LogP contribution < -0.4 is 15.4 Å². The van der Waals surface area contributed by atoms with Crippen molar-refractivity contribution in [2.75, 3.05) is 37.3 Å². The molecule has 5 atom stereocenters. The van der Waals surface area contributed by atoms with E-state index in [1.54, 1.807) is 4.90 Å². The second-order valence-electron chi connectivity index (χ2n) is 14.8. The number of rotatable bonds is 6. The number of piperazine rings is 1. The van der Waals surface area contributed by atoms with E-state index < -0.39 is 11.0 Å². The molecule has 5 heterocycles. The lowest BCUT2D eigenvalue weighted by molar-refractivity contribution is 0.00557. The van der Waals surface area contributed by atoms with Gasteiger partial charge in [-0.3, -0.25) is 9.80 Å². The van der Waals surface area contributed by atoms with Crippen molar-refractivity contribution in [3.63, 3.8) is 0 Å². The van der Waals surface area contributed by atoms with Crippen LogP contribution in [0.5, 0.6) is 6.01 Å². The number of hydrogen-bond donors (Lipinski definition) is 1. The van der Waals surface area contributed by atoms with E-state index in [0.717, 1.165) is 49.1 Å². The molecule has 3 aromatic heterocycles. The molecule has 0 bridgehead atoms. The number of ether oxygens (including phenoxy) is 2. The van der Waals surface area contributed by atoms with Crippen molar-refractivity contribution in [1.29, 1.82) is 5.26 Å². The molecular weight excluding hydrogens is 630 g/mol. The van der Waals surface area contributed by atoms with Gasteiger partial charge in [0, 0.05) is 35.6 Å². The van der Waals surface area contributed by atoms with Crippen LogP contribution in [-0.4, -0.2) is 92.5 Å². The summed E-state index contributed by atoms with van der Waals surface area (Å²) in [6, 6.07) is 4.38. The Bertz CT molecular complexity index is 1700. The van der Waals surface area contributed by atoms with Gasteiger partial charge in [0.2, 0.25) is 11.7 Å². The predicted octanol–water partition coefficient (Wildman–Crippen LogP) is 5.38. The third-order valence-electron chi connectivity index (χ3n) is 9.83. The van der Waals surface area contributed by atoms with Gasteiger partial charge >= 0.3 is 12.1 Å². The van der Waals surface area contributed by atoms with Gasteiger partial charge in [-0.2, -0.15) is 20.2 Å². The van der Waals surface area contributed by atoms with Crippen LogP contribution in [0.25, 0.3) is 11.5 Å². The van der Waals surface area contributed by atoms with Crippen LogP contribution in [0.3, 0.4) is 0 Å². The Morgan fingerprint density at radius 2 is 1.94 bits per heavy atom. The molecule has 258 valence electrons. The van der Waals surface area contributed by atoms with E-state index in [1.165, 1.54) is 11.3 Å². The maximum absolute atomic E-state index is 13.1. The van der Waals surface area contributed by atoms with Crippen molar-refractivity contribution >= 4 is 28.2 Å². The maximum atomic E-state index is 13.1. The zero-order valence-corrected chi connectivity index (χ0v) is 30.1. The van der Waals surface area contributed by atoms with E-state index in [-0.39, 0.29) is 36.3 Å². The Kier molecular flexibility index (Phi) is 9.06. The van der Waals surface area contributed by atoms with Crippen molar-refractivity contribution < 1.29 is 18.8 Å². The van der Waals surface area contributed by atoms with Crippen LogP contribution >= 0.6 is 11.3 Å². The molecule has 6 rings (SSSR count). The van der Waals surface area contributed by atoms with E-state index in [4.69, 9.17) is 34.7 Å². The van der Waals surface area contributed by atoms with Gasteiger partial charge in [0.05, 0.1) is 23.1 Å². The van der Waals surface area contributed by atoms with Crippen molar-refractivity contribution in [3.8, 4) is 23.6 Å². The van der Waals surface area contributed by atoms with Crippen LogP contribution in [0.1, 0.15) is 96.0 Å². The van der Waals surface area contributed by atoms with E-state index in [2.05, 4.69) is 35.0 Å². The number of aromatic nitrogens is 4. The number of carbonyl (C=O) groups is 1. The zero-order valence-electron chi connectivity index (χ0n) is 29.2. The van der Waals surface area contributed by atoms with Crippen LogP contribution in [0.4, 0.5) is 15.6 Å². The second kappa shape index (κ2) is 12.8. The largest absolute Gasteiger partial charge is 0.459 e. The molecule has 2 aliphatic heterocycles. The van der Waals surface area contributed by atoms with Crippen LogP contribution in [0.15, 0.2) is 10.6 Å². The Morgan fingerprint density at radius 3 is 2.58 bits per heavy atom. The number of thiophene rings is 1. The molecule has 3 aromatic rings. The monoisotopic (exact) mass is 677 g/mol. The Hall–Kier alpha value is -3.96. The Labute approximate surface area is 286 Å². The van der Waals surface area contributed by atoms with E-state index in [9.17, 15) is 10.1 Å². The number of anilines is 2. The first kappa shape index (κ1) is 33.9. The minimum absolute atomic E-state index is 0.137. The van der Waals surface area contributed by atoms with Crippen LogP contribution in [-0.2, 0) is 16.6 Å². The number of hydrogen-bond acceptors (Lipinski definition) is 13. The van der Waals surface area contributed by atoms with Gasteiger partial charge in [-0.05, 0) is 94.2 Å². The third kappa shape index (κ3) is 6.42. The SMILES string of the molecule is C[C@H](Oc1nc(-c2noc([C@@]3(C)CCCc4sc(N)c(C#N)c43)n2)cc(N2C[C@@H](C)N(C(=O)OC(C)(C)C)[C@H](C)C2)n1)[C@@H]1CCCN1C. The highest BCUT2D eigenvalue weighted by molar-refractivity contribution is 7.16. The molecule has 0 radical (unpaired) electrons. The van der Waals surface area contributed by atoms with Gasteiger partial charge in [-0.15, -0.1) is 11.3 Å². The normalized spacial score (nSPS) is 25.4. The number of nitrogens with zero attached hydrogens (tertiary/aromatic N) is 8. The summed E-state index contributed by atoms with van der Waals surface area (Å²) in [6.45, 7) is 15.9. The van der Waals surface area contributed by atoms with Gasteiger partial charge in [0.15, 0.2) is 0 Å². The van der Waals surface area contributed by atoms with Crippen molar-refractivity contribution in [2.45, 2.75) is 116 Å².